The average Bonchev–Trinajstić information content (AvgIpc) is 3.23. The van der Waals surface area contributed by atoms with Gasteiger partial charge in [0.25, 0.3) is 0 Å². The average molecular weight is 470 g/mol. The lowest BCUT2D eigenvalue weighted by molar-refractivity contribution is 0.113. The predicted molar refractivity (Wildman–Crippen MR) is 136 cm³/mol. The number of thiophene rings is 1. The van der Waals surface area contributed by atoms with Gasteiger partial charge in [-0.25, -0.2) is 4.98 Å². The van der Waals surface area contributed by atoms with E-state index < -0.39 is 0 Å². The molecule has 5 rings (SSSR count). The van der Waals surface area contributed by atoms with Crippen LogP contribution in [-0.2, 0) is 0 Å². The molecule has 7 heteroatoms. The van der Waals surface area contributed by atoms with Crippen LogP contribution < -0.4 is 4.90 Å². The third kappa shape index (κ3) is 4.65. The standard InChI is InChI=1S/C25H32ClN5S/c1-29(2)20-9-6-12-30(16-20)15-18-10-13-31(14-11-18)23-22-21(19-7-4-3-5-8-19)17-32-24(22)28-25(26)27-23/h3-5,7-8,17-18,20H,6,9-16H2,1-2H3. The van der Waals surface area contributed by atoms with Gasteiger partial charge in [-0.3, -0.25) is 0 Å². The van der Waals surface area contributed by atoms with E-state index in [-0.39, 0.29) is 0 Å². The fraction of sp³-hybridized carbons (Fsp3) is 0.520. The Morgan fingerprint density at radius 3 is 2.59 bits per heavy atom. The Labute approximate surface area is 200 Å². The van der Waals surface area contributed by atoms with E-state index in [0.717, 1.165) is 35.0 Å². The molecular weight excluding hydrogens is 438 g/mol. The van der Waals surface area contributed by atoms with E-state index in [1.807, 2.05) is 0 Å². The van der Waals surface area contributed by atoms with E-state index in [1.54, 1.807) is 11.3 Å². The van der Waals surface area contributed by atoms with Crippen molar-refractivity contribution in [2.24, 2.45) is 5.92 Å². The summed E-state index contributed by atoms with van der Waals surface area (Å²) in [5, 5.41) is 3.69. The van der Waals surface area contributed by atoms with Crippen molar-refractivity contribution in [1.29, 1.82) is 0 Å². The molecule has 0 aliphatic carbocycles. The normalized spacial score (nSPS) is 21.0. The summed E-state index contributed by atoms with van der Waals surface area (Å²) in [6.07, 6.45) is 5.06. The predicted octanol–water partition coefficient (Wildman–Crippen LogP) is 5.25. The van der Waals surface area contributed by atoms with Crippen molar-refractivity contribution in [2.75, 3.05) is 51.7 Å². The summed E-state index contributed by atoms with van der Waals surface area (Å²) in [5.74, 6) is 1.76. The number of piperidine rings is 2. The lowest BCUT2D eigenvalue weighted by Crippen LogP contribution is -2.47. The number of hydrogen-bond acceptors (Lipinski definition) is 6. The summed E-state index contributed by atoms with van der Waals surface area (Å²) in [5.41, 5.74) is 2.42. The Morgan fingerprint density at radius 2 is 1.84 bits per heavy atom. The molecule has 0 N–H and O–H groups in total. The van der Waals surface area contributed by atoms with Gasteiger partial charge >= 0.3 is 0 Å². The van der Waals surface area contributed by atoms with Crippen molar-refractivity contribution in [3.63, 3.8) is 0 Å². The number of aromatic nitrogens is 2. The maximum atomic E-state index is 6.34. The monoisotopic (exact) mass is 469 g/mol. The minimum Gasteiger partial charge on any atom is -0.356 e. The number of halogens is 1. The van der Waals surface area contributed by atoms with E-state index in [2.05, 4.69) is 69.5 Å². The van der Waals surface area contributed by atoms with Crippen molar-refractivity contribution in [3.05, 3.63) is 41.0 Å². The lowest BCUT2D eigenvalue weighted by atomic mass is 9.94. The van der Waals surface area contributed by atoms with E-state index >= 15 is 0 Å². The van der Waals surface area contributed by atoms with Crippen molar-refractivity contribution in [3.8, 4) is 11.1 Å². The van der Waals surface area contributed by atoms with E-state index in [9.17, 15) is 0 Å². The number of hydrogen-bond donors (Lipinski definition) is 0. The Kier molecular flexibility index (Phi) is 6.65. The number of anilines is 1. The molecule has 1 unspecified atom stereocenters. The van der Waals surface area contributed by atoms with Crippen LogP contribution in [0.4, 0.5) is 5.82 Å². The molecule has 0 radical (unpaired) electrons. The van der Waals surface area contributed by atoms with Crippen LogP contribution in [0.3, 0.4) is 0 Å². The highest BCUT2D eigenvalue weighted by Gasteiger charge is 2.28. The van der Waals surface area contributed by atoms with E-state index in [1.165, 1.54) is 56.4 Å². The maximum Gasteiger partial charge on any atom is 0.225 e. The van der Waals surface area contributed by atoms with E-state index in [4.69, 9.17) is 16.6 Å². The summed E-state index contributed by atoms with van der Waals surface area (Å²) in [7, 11) is 4.43. The van der Waals surface area contributed by atoms with Gasteiger partial charge in [0.2, 0.25) is 5.28 Å². The van der Waals surface area contributed by atoms with Crippen molar-refractivity contribution < 1.29 is 0 Å². The highest BCUT2D eigenvalue weighted by molar-refractivity contribution is 7.17. The fourth-order valence-corrected chi connectivity index (χ4v) is 6.42. The van der Waals surface area contributed by atoms with Gasteiger partial charge in [0.15, 0.2) is 0 Å². The summed E-state index contributed by atoms with van der Waals surface area (Å²) < 4.78 is 0. The number of likely N-dealkylation sites (tertiary alicyclic amines) is 1. The largest absolute Gasteiger partial charge is 0.356 e. The molecule has 1 atom stereocenters. The molecule has 2 saturated heterocycles. The third-order valence-electron chi connectivity index (χ3n) is 7.11. The van der Waals surface area contributed by atoms with Crippen LogP contribution in [0.25, 0.3) is 21.3 Å². The second-order valence-electron chi connectivity index (χ2n) is 9.46. The van der Waals surface area contributed by atoms with Gasteiger partial charge in [-0.2, -0.15) is 4.98 Å². The third-order valence-corrected chi connectivity index (χ3v) is 8.15. The molecule has 0 spiro atoms. The number of rotatable bonds is 5. The fourth-order valence-electron chi connectivity index (χ4n) is 5.27. The molecule has 170 valence electrons. The maximum absolute atomic E-state index is 6.34. The van der Waals surface area contributed by atoms with Crippen molar-refractivity contribution in [2.45, 2.75) is 31.7 Å². The highest BCUT2D eigenvalue weighted by Crippen LogP contribution is 2.40. The van der Waals surface area contributed by atoms with Gasteiger partial charge in [-0.15, -0.1) is 11.3 Å². The van der Waals surface area contributed by atoms with Crippen molar-refractivity contribution >= 4 is 39.0 Å². The van der Waals surface area contributed by atoms with Gasteiger partial charge < -0.3 is 14.7 Å². The molecule has 5 nitrogen and oxygen atoms in total. The first kappa shape index (κ1) is 22.1. The number of benzene rings is 1. The zero-order chi connectivity index (χ0) is 22.1. The van der Waals surface area contributed by atoms with E-state index in [0.29, 0.717) is 11.3 Å². The van der Waals surface area contributed by atoms with Gasteiger partial charge in [0, 0.05) is 43.2 Å². The first-order chi connectivity index (χ1) is 15.6. The molecule has 3 aromatic rings. The molecule has 4 heterocycles. The molecular formula is C25H32ClN5S. The zero-order valence-electron chi connectivity index (χ0n) is 19.0. The van der Waals surface area contributed by atoms with Gasteiger partial charge in [-0.05, 0) is 69.4 Å². The topological polar surface area (TPSA) is 35.5 Å². The van der Waals surface area contributed by atoms with Gasteiger partial charge in [-0.1, -0.05) is 30.3 Å². The lowest BCUT2D eigenvalue weighted by Gasteiger charge is -2.40. The Hall–Kier alpha value is -1.73. The molecule has 2 aliphatic rings. The molecule has 2 aromatic heterocycles. The Bertz CT molecular complexity index is 1050. The smallest absolute Gasteiger partial charge is 0.225 e. The second kappa shape index (κ2) is 9.64. The molecule has 2 fully saturated rings. The highest BCUT2D eigenvalue weighted by atomic mass is 35.5. The van der Waals surface area contributed by atoms with Crippen LogP contribution in [0, 0.1) is 5.92 Å². The second-order valence-corrected chi connectivity index (χ2v) is 10.7. The Morgan fingerprint density at radius 1 is 1.06 bits per heavy atom. The summed E-state index contributed by atoms with van der Waals surface area (Å²) >= 11 is 8.00. The van der Waals surface area contributed by atoms with Gasteiger partial charge in [0.1, 0.15) is 10.6 Å². The molecule has 1 aromatic carbocycles. The zero-order valence-corrected chi connectivity index (χ0v) is 20.6. The minimum absolute atomic E-state index is 0.346. The molecule has 0 bridgehead atoms. The summed E-state index contributed by atoms with van der Waals surface area (Å²) in [4.78, 5) is 17.7. The van der Waals surface area contributed by atoms with Crippen molar-refractivity contribution in [1.82, 2.24) is 19.8 Å². The van der Waals surface area contributed by atoms with Crippen LogP contribution in [-0.4, -0.2) is 72.6 Å². The molecule has 0 amide bonds. The van der Waals surface area contributed by atoms with Crippen LogP contribution in [0.5, 0.6) is 0 Å². The number of likely N-dealkylation sites (N-methyl/N-ethyl adjacent to an activating group) is 1. The number of fused-ring (bicyclic) bond motifs is 1. The van der Waals surface area contributed by atoms with Crippen LogP contribution in [0.1, 0.15) is 25.7 Å². The number of nitrogens with zero attached hydrogens (tertiary/aromatic N) is 5. The SMILES string of the molecule is CN(C)C1CCCN(CC2CCN(c3nc(Cl)nc4scc(-c5ccccc5)c34)CC2)C1. The molecule has 32 heavy (non-hydrogen) atoms. The summed E-state index contributed by atoms with van der Waals surface area (Å²) in [6, 6.07) is 11.2. The molecule has 0 saturated carbocycles. The quantitative estimate of drug-likeness (QED) is 0.476. The molecule has 2 aliphatic heterocycles. The first-order valence-electron chi connectivity index (χ1n) is 11.7. The van der Waals surface area contributed by atoms with Crippen LogP contribution >= 0.6 is 22.9 Å². The Balaban J connectivity index is 1.31. The minimum atomic E-state index is 0.346. The summed E-state index contributed by atoms with van der Waals surface area (Å²) in [6.45, 7) is 5.75. The first-order valence-corrected chi connectivity index (χ1v) is 13.0. The van der Waals surface area contributed by atoms with Crippen LogP contribution in [0.2, 0.25) is 5.28 Å². The van der Waals surface area contributed by atoms with Gasteiger partial charge in [0.05, 0.1) is 5.39 Å². The van der Waals surface area contributed by atoms with Crippen LogP contribution in [0.15, 0.2) is 35.7 Å².